The Labute approximate surface area is 458 Å². The smallest absolute Gasteiger partial charge is 0.226 e. The number of nitrogens with one attached hydrogen (secondary N) is 2. The molecule has 15 heteroatoms. The Morgan fingerprint density at radius 3 is 1.39 bits per heavy atom. The monoisotopic (exact) mass is 1080 g/mol. The third-order valence-corrected chi connectivity index (χ3v) is 17.2. The molecule has 0 aromatic heterocycles. The number of Topliss-reactive ketones (excluding diaryl/α,β-unsaturated/α-hetero) is 1. The summed E-state index contributed by atoms with van der Waals surface area (Å²) in [6.07, 6.45) is 9.04. The molecular formula is C62H93F4N5O6. The van der Waals surface area contributed by atoms with Gasteiger partial charge in [0, 0.05) is 107 Å². The highest BCUT2D eigenvalue weighted by atomic mass is 19.1. The number of hydrogen-bond acceptors (Lipinski definition) is 7. The van der Waals surface area contributed by atoms with Crippen LogP contribution >= 0.6 is 0 Å². The molecule has 0 radical (unpaired) electrons. The van der Waals surface area contributed by atoms with Gasteiger partial charge in [-0.05, 0) is 156 Å². The average Bonchev–Trinajstić information content (AvgIpc) is 3.94. The predicted octanol–water partition coefficient (Wildman–Crippen LogP) is 11.4. The lowest BCUT2D eigenvalue weighted by molar-refractivity contribution is -0.138. The van der Waals surface area contributed by atoms with Crippen LogP contribution in [0.25, 0.3) is 0 Å². The van der Waals surface area contributed by atoms with Crippen LogP contribution in [0.5, 0.6) is 0 Å². The van der Waals surface area contributed by atoms with Gasteiger partial charge in [0.1, 0.15) is 29.1 Å². The predicted molar refractivity (Wildman–Crippen MR) is 294 cm³/mol. The Bertz CT molecular complexity index is 2360. The van der Waals surface area contributed by atoms with Gasteiger partial charge in [-0.3, -0.25) is 28.9 Å². The average molecular weight is 1080 g/mol. The maximum atomic E-state index is 15.0. The first-order valence-corrected chi connectivity index (χ1v) is 28.8. The van der Waals surface area contributed by atoms with E-state index < -0.39 is 35.1 Å². The number of carbonyl (C=O) groups is 5. The summed E-state index contributed by atoms with van der Waals surface area (Å²) in [4.78, 5) is 69.6. The van der Waals surface area contributed by atoms with E-state index in [2.05, 4.69) is 84.8 Å². The van der Waals surface area contributed by atoms with Crippen LogP contribution in [-0.2, 0) is 28.7 Å². The van der Waals surface area contributed by atoms with E-state index in [9.17, 15) is 37.1 Å². The molecule has 5 aliphatic rings. The highest BCUT2D eigenvalue weighted by molar-refractivity contribution is 5.92. The molecule has 3 heterocycles. The van der Waals surface area contributed by atoms with E-state index in [0.29, 0.717) is 81.5 Å². The molecule has 77 heavy (non-hydrogen) atoms. The van der Waals surface area contributed by atoms with E-state index in [-0.39, 0.29) is 87.6 Å². The Kier molecular flexibility index (Phi) is 20.7. The molecule has 3 saturated heterocycles. The molecule has 4 amide bonds. The minimum Gasteiger partial charge on any atom is -0.379 e. The van der Waals surface area contributed by atoms with Crippen molar-refractivity contribution in [3.05, 3.63) is 70.8 Å². The van der Waals surface area contributed by atoms with Gasteiger partial charge in [-0.2, -0.15) is 0 Å². The van der Waals surface area contributed by atoms with Gasteiger partial charge in [0.05, 0.1) is 19.1 Å². The van der Waals surface area contributed by atoms with Crippen LogP contribution in [0.1, 0.15) is 183 Å². The van der Waals surface area contributed by atoms with Crippen molar-refractivity contribution in [2.45, 2.75) is 189 Å². The van der Waals surface area contributed by atoms with E-state index in [1.807, 2.05) is 9.80 Å². The molecule has 2 aromatic rings. The van der Waals surface area contributed by atoms with Crippen molar-refractivity contribution in [1.82, 2.24) is 25.3 Å². The maximum absolute atomic E-state index is 15.0. The molecule has 11 nitrogen and oxygen atoms in total. The molecule has 3 unspecified atom stereocenters. The molecule has 2 saturated carbocycles. The van der Waals surface area contributed by atoms with Crippen molar-refractivity contribution in [1.29, 1.82) is 0 Å². The first kappa shape index (κ1) is 61.8. The fraction of sp³-hybridized carbons (Fsp3) is 0.726. The first-order valence-electron chi connectivity index (χ1n) is 28.8. The number of morpholine rings is 1. The summed E-state index contributed by atoms with van der Waals surface area (Å²) in [5.74, 6) is -2.58. The molecule has 430 valence electrons. The number of benzene rings is 2. The fourth-order valence-corrected chi connectivity index (χ4v) is 14.3. The molecule has 0 bridgehead atoms. The summed E-state index contributed by atoms with van der Waals surface area (Å²) in [7, 11) is 0. The van der Waals surface area contributed by atoms with Gasteiger partial charge in [-0.15, -0.1) is 0 Å². The fourth-order valence-electron chi connectivity index (χ4n) is 14.3. The highest BCUT2D eigenvalue weighted by Crippen LogP contribution is 2.47. The van der Waals surface area contributed by atoms with E-state index in [1.165, 1.54) is 24.3 Å². The third-order valence-electron chi connectivity index (χ3n) is 17.2. The molecule has 2 aliphatic carbocycles. The summed E-state index contributed by atoms with van der Waals surface area (Å²) in [6, 6.07) is 7.36. The van der Waals surface area contributed by atoms with Crippen molar-refractivity contribution < 1.29 is 46.3 Å². The summed E-state index contributed by atoms with van der Waals surface area (Å²) in [6.45, 7) is 30.5. The van der Waals surface area contributed by atoms with Crippen molar-refractivity contribution >= 4 is 29.4 Å². The number of amides is 4. The maximum Gasteiger partial charge on any atom is 0.226 e. The first-order chi connectivity index (χ1) is 35.9. The standard InChI is InChI=1S/C33H51F2N3O3.C29H42F2N2O3/c1-22(39)36-33(5,6)21-24(20-32(2,3)4)23-9-11-38(12-10-23)31(40)29-19-26(37-13-15-41-16-14-37)18-28(29)27-8-7-25(34)17-30(27)35;1-18(34)32-29(5,6)17-20(16-28(2,3)4)19-9-11-33(12-10-19)27(36)25-15-22(35)14-24(25)23-8-7-21(30)13-26(23)31/h7-8,17,23-24,26,28-29H,9-16,18-21H2,1-6H3,(H,36,39);7-8,13,19-20,24-25H,9-12,14-17H2,1-6H3,(H,32,34)/t24?,26?,28-,29+;20?,24-,25+/m00/s1. The van der Waals surface area contributed by atoms with Crippen LogP contribution in [0, 0.1) is 69.6 Å². The quantitative estimate of drug-likeness (QED) is 0.170. The van der Waals surface area contributed by atoms with Crippen LogP contribution in [0.4, 0.5) is 17.6 Å². The molecule has 2 N–H and O–H groups in total. The molecule has 7 rings (SSSR count). The van der Waals surface area contributed by atoms with Gasteiger partial charge in [0.25, 0.3) is 0 Å². The summed E-state index contributed by atoms with van der Waals surface area (Å²) < 4.78 is 62.2. The number of carbonyl (C=O) groups excluding carboxylic acids is 5. The molecule has 5 fully saturated rings. The second-order valence-corrected chi connectivity index (χ2v) is 27.4. The Balaban J connectivity index is 0.000000252. The molecule has 7 atom stereocenters. The number of nitrogens with zero attached hydrogens (tertiary/aromatic N) is 3. The van der Waals surface area contributed by atoms with Crippen LogP contribution in [0.3, 0.4) is 0 Å². The van der Waals surface area contributed by atoms with Gasteiger partial charge < -0.3 is 25.2 Å². The van der Waals surface area contributed by atoms with Gasteiger partial charge in [0.15, 0.2) is 0 Å². The van der Waals surface area contributed by atoms with Crippen LogP contribution in [0.15, 0.2) is 36.4 Å². The van der Waals surface area contributed by atoms with E-state index in [4.69, 9.17) is 4.74 Å². The highest BCUT2D eigenvalue weighted by Gasteiger charge is 2.47. The zero-order valence-corrected chi connectivity index (χ0v) is 48.6. The van der Waals surface area contributed by atoms with E-state index >= 15 is 4.39 Å². The third kappa shape index (κ3) is 17.8. The SMILES string of the molecule is CC(=O)NC(C)(C)CC(CC(C)(C)C)C1CCN(C(=O)[C@@H]2CC(=O)C[C@H]2c2ccc(F)cc2F)CC1.CC(=O)NC(C)(C)CC(CC(C)(C)C)C1CCN(C(=O)[C@@H]2CC(N3CCOCC3)C[C@H]2c2ccc(F)cc2F)CC1. The molecule has 3 aliphatic heterocycles. The number of ketones is 1. The van der Waals surface area contributed by atoms with Gasteiger partial charge in [-0.1, -0.05) is 53.7 Å². The second kappa shape index (κ2) is 25.8. The van der Waals surface area contributed by atoms with Crippen molar-refractivity contribution in [2.24, 2.45) is 46.3 Å². The minimum atomic E-state index is -0.696. The van der Waals surface area contributed by atoms with Crippen molar-refractivity contribution in [3.8, 4) is 0 Å². The normalized spacial score (nSPS) is 24.3. The summed E-state index contributed by atoms with van der Waals surface area (Å²) in [5, 5.41) is 6.21. The number of likely N-dealkylation sites (tertiary alicyclic amines) is 2. The Hall–Kier alpha value is -4.37. The van der Waals surface area contributed by atoms with Crippen molar-refractivity contribution in [3.63, 3.8) is 0 Å². The van der Waals surface area contributed by atoms with E-state index in [1.54, 1.807) is 13.8 Å². The lowest BCUT2D eigenvalue weighted by Crippen LogP contribution is -2.47. The summed E-state index contributed by atoms with van der Waals surface area (Å²) in [5.41, 5.74) is 0.405. The zero-order chi connectivity index (χ0) is 56.8. The number of hydrogen-bond donors (Lipinski definition) is 2. The molecule has 2 aromatic carbocycles. The van der Waals surface area contributed by atoms with E-state index in [0.717, 1.165) is 76.6 Å². The van der Waals surface area contributed by atoms with Crippen LogP contribution in [-0.4, -0.2) is 114 Å². The molecular weight excluding hydrogens is 987 g/mol. The van der Waals surface area contributed by atoms with Gasteiger partial charge >= 0.3 is 0 Å². The van der Waals surface area contributed by atoms with Gasteiger partial charge in [-0.25, -0.2) is 17.6 Å². The largest absolute Gasteiger partial charge is 0.379 e. The van der Waals surface area contributed by atoms with Gasteiger partial charge in [0.2, 0.25) is 23.6 Å². The topological polar surface area (TPSA) is 128 Å². The minimum absolute atomic E-state index is 0.0102. The second-order valence-electron chi connectivity index (χ2n) is 27.4. The Morgan fingerprint density at radius 2 is 0.987 bits per heavy atom. The van der Waals surface area contributed by atoms with Crippen LogP contribution < -0.4 is 10.6 Å². The van der Waals surface area contributed by atoms with Crippen molar-refractivity contribution in [2.75, 3.05) is 52.5 Å². The number of rotatable bonds is 15. The molecule has 0 spiro atoms. The lowest BCUT2D eigenvalue weighted by Gasteiger charge is -2.42. The Morgan fingerprint density at radius 1 is 0.571 bits per heavy atom. The summed E-state index contributed by atoms with van der Waals surface area (Å²) >= 11 is 0. The number of halogens is 4. The lowest BCUT2D eigenvalue weighted by atomic mass is 9.70. The zero-order valence-electron chi connectivity index (χ0n) is 48.6. The number of ether oxygens (including phenoxy) is 1. The number of piperidine rings is 2. The van der Waals surface area contributed by atoms with Crippen LogP contribution in [0.2, 0.25) is 0 Å².